The molecule has 6 rings (SSSR count). The molecule has 33 nitrogen and oxygen atoms in total. The first-order valence-corrected chi connectivity index (χ1v) is 36.0. The van der Waals surface area contributed by atoms with E-state index >= 15 is 0 Å². The number of aromatic amines is 1. The molecule has 0 spiro atoms. The molecular weight excluding hydrogens is 1320 g/mol. The lowest BCUT2D eigenvalue weighted by atomic mass is 10.0. The molecule has 14 amide bonds. The number of amides is 14. The van der Waals surface area contributed by atoms with Crippen molar-refractivity contribution in [3.05, 3.63) is 48.0 Å². The number of hydrogen-bond donors (Lipinski definition) is 17. The normalized spacial score (nSPS) is 26.4. The summed E-state index contributed by atoms with van der Waals surface area (Å²) in [5.74, 6) is -14.3. The molecule has 1 aromatic carbocycles. The summed E-state index contributed by atoms with van der Waals surface area (Å²) in [4.78, 5) is 204. The van der Waals surface area contributed by atoms with Gasteiger partial charge in [-0.25, -0.2) is 4.98 Å². The highest BCUT2D eigenvalue weighted by Crippen LogP contribution is 2.27. The molecule has 4 fully saturated rings. The molecule has 37 heteroatoms. The van der Waals surface area contributed by atoms with Crippen LogP contribution in [-0.4, -0.2) is 230 Å². The molecule has 12 atom stereocenters. The first-order valence-electron chi connectivity index (χ1n) is 31.0. The number of imidazole rings is 1. The standard InChI is InChI=1S/C58H85N17O16S4/c1-28(2)15-36-52(85)72-41-25-95-93-24-40(50(83)63-20-45(79)66-37(16-30-8-10-32(76)11-9-30)53(86)67-34(51(84)68-36)7-5-6-14-59)71-55(88)42(73-57(90)47(29(3)4)74-46(80)21-62-49(82)35-12-13-44(78)65-35)26-94-92-23-39(48(60)81)70-56(89)43-18-33(77)22-75(43)58(91)38(69-54(41)87)17-31-19-61-27-64-31/h8-11,19,27-29,33-43,47,76-77H,5-7,12-18,20-26,59H2,1-4H3,(H2,60,81)(H,61,64)(H,62,82)(H,63,83)(H,65,78)(H,66,79)(H,67,86)(H,68,84)(H,69,87)(H,70,89)(H,71,88)(H,72,85)(H,73,90)(H,74,80)/t33-,34+,35+,36+,37+,38+,39+,40+,41+,42-,43+,47+/m1/s1. The number of nitrogens with one attached hydrogen (secondary N) is 13. The molecule has 0 aliphatic carbocycles. The monoisotopic (exact) mass is 1400 g/mol. The molecule has 4 aliphatic heterocycles. The predicted molar refractivity (Wildman–Crippen MR) is 351 cm³/mol. The number of rotatable bonds is 18. The molecule has 0 unspecified atom stereocenters. The number of aromatic nitrogens is 2. The van der Waals surface area contributed by atoms with Crippen LogP contribution in [0.25, 0.3) is 0 Å². The van der Waals surface area contributed by atoms with Crippen LogP contribution in [0.2, 0.25) is 0 Å². The number of carbonyl (C=O) groups excluding carboxylic acids is 14. The van der Waals surface area contributed by atoms with Gasteiger partial charge in [0.05, 0.1) is 25.5 Å². The lowest BCUT2D eigenvalue weighted by Crippen LogP contribution is -2.61. The average molecular weight is 1400 g/mol. The third-order valence-electron chi connectivity index (χ3n) is 15.5. The fourth-order valence-corrected chi connectivity index (χ4v) is 15.0. The molecular formula is C58H85N17O16S4. The van der Waals surface area contributed by atoms with Gasteiger partial charge in [-0.3, -0.25) is 67.1 Å². The highest BCUT2D eigenvalue weighted by molar-refractivity contribution is 8.77. The highest BCUT2D eigenvalue weighted by atomic mass is 33.1. The van der Waals surface area contributed by atoms with E-state index in [1.807, 2.05) is 0 Å². The Kier molecular flexibility index (Phi) is 30.0. The largest absolute Gasteiger partial charge is 0.508 e. The smallest absolute Gasteiger partial charge is 0.246 e. The zero-order valence-corrected chi connectivity index (χ0v) is 56.1. The van der Waals surface area contributed by atoms with Crippen LogP contribution in [0, 0.1) is 11.8 Å². The molecule has 0 saturated carbocycles. The summed E-state index contributed by atoms with van der Waals surface area (Å²) in [7, 11) is 3.66. The second kappa shape index (κ2) is 37.4. The Morgan fingerprint density at radius 1 is 0.695 bits per heavy atom. The number of aromatic hydroxyl groups is 1. The number of unbranched alkanes of at least 4 members (excludes halogenated alkanes) is 1. The molecule has 4 saturated heterocycles. The number of carbonyl (C=O) groups is 14. The molecule has 522 valence electrons. The van der Waals surface area contributed by atoms with E-state index in [-0.39, 0.29) is 92.1 Å². The maximum Gasteiger partial charge on any atom is 0.246 e. The Hall–Kier alpha value is -7.87. The van der Waals surface area contributed by atoms with Gasteiger partial charge in [0.15, 0.2) is 0 Å². The molecule has 19 N–H and O–H groups in total. The maximum absolute atomic E-state index is 15.0. The Morgan fingerprint density at radius 3 is 1.98 bits per heavy atom. The van der Waals surface area contributed by atoms with Gasteiger partial charge in [-0.15, -0.1) is 0 Å². The quantitative estimate of drug-likeness (QED) is 0.0490. The number of hydrogen-bond acceptors (Lipinski definition) is 22. The van der Waals surface area contributed by atoms with E-state index in [0.717, 1.165) is 48.1 Å². The fraction of sp³-hybridized carbons (Fsp3) is 0.603. The number of H-pyrrole nitrogens is 1. The minimum atomic E-state index is -1.60. The van der Waals surface area contributed by atoms with Crippen LogP contribution >= 0.6 is 43.2 Å². The number of nitrogens with zero attached hydrogens (tertiary/aromatic N) is 2. The van der Waals surface area contributed by atoms with Gasteiger partial charge in [-0.1, -0.05) is 83.0 Å². The van der Waals surface area contributed by atoms with E-state index in [1.165, 1.54) is 36.8 Å². The zero-order chi connectivity index (χ0) is 69.5. The highest BCUT2D eigenvalue weighted by Gasteiger charge is 2.44. The van der Waals surface area contributed by atoms with Crippen molar-refractivity contribution in [2.75, 3.05) is 49.2 Å². The minimum absolute atomic E-state index is 0.00266. The molecule has 4 aliphatic rings. The van der Waals surface area contributed by atoms with Crippen LogP contribution in [-0.2, 0) is 80.0 Å². The van der Waals surface area contributed by atoms with E-state index in [0.29, 0.717) is 24.1 Å². The van der Waals surface area contributed by atoms with E-state index < -0.39 is 175 Å². The van der Waals surface area contributed by atoms with Crippen molar-refractivity contribution in [1.82, 2.24) is 78.7 Å². The average Bonchev–Trinajstić information content (AvgIpc) is 1.71. The van der Waals surface area contributed by atoms with Crippen LogP contribution in [0.3, 0.4) is 0 Å². The lowest BCUT2D eigenvalue weighted by molar-refractivity contribution is -0.142. The first kappa shape index (κ1) is 76.2. The Bertz CT molecular complexity index is 3080. The zero-order valence-electron chi connectivity index (χ0n) is 52.9. The molecule has 2 bridgehead atoms. The van der Waals surface area contributed by atoms with E-state index in [1.54, 1.807) is 27.7 Å². The second-order valence-electron chi connectivity index (χ2n) is 23.9. The minimum Gasteiger partial charge on any atom is -0.508 e. The molecule has 2 aromatic rings. The van der Waals surface area contributed by atoms with Gasteiger partial charge >= 0.3 is 0 Å². The summed E-state index contributed by atoms with van der Waals surface area (Å²) in [6, 6.07) is -9.86. The van der Waals surface area contributed by atoms with Crippen molar-refractivity contribution >= 4 is 126 Å². The van der Waals surface area contributed by atoms with E-state index in [2.05, 4.69) is 73.8 Å². The maximum atomic E-state index is 15.0. The summed E-state index contributed by atoms with van der Waals surface area (Å²) in [5, 5.41) is 52.3. The van der Waals surface area contributed by atoms with Crippen LogP contribution in [0.15, 0.2) is 36.8 Å². The number of nitrogens with two attached hydrogens (primary N) is 2. The number of benzene rings is 1. The van der Waals surface area contributed by atoms with Gasteiger partial charge in [0.25, 0.3) is 0 Å². The third-order valence-corrected chi connectivity index (χ3v) is 20.3. The fourth-order valence-electron chi connectivity index (χ4n) is 10.4. The Balaban J connectivity index is 1.41. The van der Waals surface area contributed by atoms with Crippen LogP contribution in [0.4, 0.5) is 0 Å². The second-order valence-corrected chi connectivity index (χ2v) is 29.0. The molecule has 1 aromatic heterocycles. The Morgan fingerprint density at radius 2 is 1.34 bits per heavy atom. The number of aliphatic hydroxyl groups excluding tert-OH is 1. The summed E-state index contributed by atoms with van der Waals surface area (Å²) in [6.45, 7) is 5.14. The van der Waals surface area contributed by atoms with Gasteiger partial charge in [0.2, 0.25) is 82.7 Å². The summed E-state index contributed by atoms with van der Waals surface area (Å²) in [5.41, 5.74) is 12.4. The van der Waals surface area contributed by atoms with Gasteiger partial charge in [-0.2, -0.15) is 0 Å². The number of phenols is 1. The van der Waals surface area contributed by atoms with Gasteiger partial charge < -0.3 is 95.4 Å². The van der Waals surface area contributed by atoms with Crippen molar-refractivity contribution in [3.63, 3.8) is 0 Å². The van der Waals surface area contributed by atoms with E-state index in [9.17, 15) is 77.3 Å². The topological polar surface area (TPSA) is 508 Å². The molecule has 0 radical (unpaired) electrons. The first-order chi connectivity index (χ1) is 45.2. The summed E-state index contributed by atoms with van der Waals surface area (Å²) >= 11 is 0. The number of primary amides is 1. The SMILES string of the molecule is CC(C)C[C@@H]1NC(=O)[C@H](CCCCN)NC(=O)[C@H](Cc2ccc(O)cc2)NC(=O)CNC(=O)[C@@H]2CSSC[C@H](NC1=O)C(=O)N[C@@H](Cc1cnc[nH]1)C(=O)N1C[C@H](O)C[C@H]1C(=O)N[C@H](C(N)=O)CSSC[C@@H](NC(=O)[C@@H](NC(=O)CNC(=O)[C@@H]1CCC(=O)N1)C(C)C)C(=O)N2. The predicted octanol–water partition coefficient (Wildman–Crippen LogP) is -5.16. The van der Waals surface area contributed by atoms with Crippen molar-refractivity contribution in [2.45, 2.75) is 158 Å². The van der Waals surface area contributed by atoms with Crippen LogP contribution in [0.5, 0.6) is 5.75 Å². The van der Waals surface area contributed by atoms with Crippen molar-refractivity contribution in [3.8, 4) is 5.75 Å². The third kappa shape index (κ3) is 24.1. The van der Waals surface area contributed by atoms with Gasteiger partial charge in [0, 0.05) is 67.1 Å². The van der Waals surface area contributed by atoms with E-state index in [4.69, 9.17) is 11.5 Å². The van der Waals surface area contributed by atoms with Crippen molar-refractivity contribution in [1.29, 1.82) is 0 Å². The van der Waals surface area contributed by atoms with Crippen LogP contribution < -0.4 is 75.3 Å². The van der Waals surface area contributed by atoms with Gasteiger partial charge in [-0.05, 0) is 68.2 Å². The van der Waals surface area contributed by atoms with Crippen LogP contribution in [0.1, 0.15) is 83.9 Å². The van der Waals surface area contributed by atoms with Crippen molar-refractivity contribution < 1.29 is 77.3 Å². The number of phenolic OH excluding ortho intramolecular Hbond substituents is 1. The van der Waals surface area contributed by atoms with Crippen molar-refractivity contribution in [2.24, 2.45) is 23.3 Å². The Labute approximate surface area is 563 Å². The summed E-state index contributed by atoms with van der Waals surface area (Å²) < 4.78 is 0. The molecule has 95 heavy (non-hydrogen) atoms. The number of fused-ring (bicyclic) bond motifs is 6. The molecule has 5 heterocycles. The number of aliphatic hydroxyl groups is 1. The lowest BCUT2D eigenvalue weighted by Gasteiger charge is -2.31. The summed E-state index contributed by atoms with van der Waals surface area (Å²) in [6.07, 6.45) is 1.71. The van der Waals surface area contributed by atoms with Gasteiger partial charge in [0.1, 0.15) is 72.2 Å².